The molecule has 0 aliphatic heterocycles. The normalized spacial score (nSPS) is 22.3. The van der Waals surface area contributed by atoms with Crippen LogP contribution in [-0.2, 0) is 0 Å². The van der Waals surface area contributed by atoms with Crippen LogP contribution >= 0.6 is 22.2 Å². The van der Waals surface area contributed by atoms with Crippen molar-refractivity contribution < 1.29 is 0 Å². The molecule has 3 heteroatoms. The van der Waals surface area contributed by atoms with Gasteiger partial charge in [0.05, 0.1) is 0 Å². The molecule has 2 aliphatic carbocycles. The average Bonchev–Trinajstić information content (AvgIpc) is 2.78. The Kier molecular flexibility index (Phi) is 2.50. The van der Waals surface area contributed by atoms with E-state index in [0.717, 1.165) is 0 Å². The average molecular weight is 229 g/mol. The molecule has 2 aliphatic rings. The lowest BCUT2D eigenvalue weighted by Gasteiger charge is -2.25. The second-order valence-corrected chi connectivity index (χ2v) is 10.3. The first-order valence-electron chi connectivity index (χ1n) is 4.29. The molecular formula is C10H10Cl2Si. The third kappa shape index (κ3) is 1.69. The lowest BCUT2D eigenvalue weighted by molar-refractivity contribution is 1.25. The van der Waals surface area contributed by atoms with Crippen molar-refractivity contribution in [1.29, 1.82) is 0 Å². The minimum Gasteiger partial charge on any atom is -0.144 e. The zero-order valence-corrected chi connectivity index (χ0v) is 9.54. The zero-order valence-electron chi connectivity index (χ0n) is 7.03. The summed E-state index contributed by atoms with van der Waals surface area (Å²) in [5, 5.41) is 0. The molecule has 0 spiro atoms. The van der Waals surface area contributed by atoms with E-state index >= 15 is 0 Å². The fourth-order valence-corrected chi connectivity index (χ4v) is 5.26. The maximum Gasteiger partial charge on any atom is 0.271 e. The molecule has 0 bridgehead atoms. The van der Waals surface area contributed by atoms with Crippen molar-refractivity contribution in [2.24, 2.45) is 0 Å². The van der Waals surface area contributed by atoms with E-state index < -0.39 is 6.69 Å². The number of hydrogen-bond acceptors (Lipinski definition) is 0. The standard InChI is InChI=1S/C10H10Cl2Si/c11-13(12,9-5-1-2-6-9)10-7-3-4-8-10/h1-10H. The number of hydrogen-bond donors (Lipinski definition) is 0. The van der Waals surface area contributed by atoms with Gasteiger partial charge in [-0.05, 0) is 0 Å². The first kappa shape index (κ1) is 9.32. The van der Waals surface area contributed by atoms with Crippen LogP contribution in [-0.4, -0.2) is 6.69 Å². The predicted molar refractivity (Wildman–Crippen MR) is 61.5 cm³/mol. The summed E-state index contributed by atoms with van der Waals surface area (Å²) in [6.07, 6.45) is 16.4. The molecule has 0 radical (unpaired) electrons. The molecule has 13 heavy (non-hydrogen) atoms. The first-order chi connectivity index (χ1) is 6.21. The van der Waals surface area contributed by atoms with E-state index in [1.165, 1.54) is 0 Å². The summed E-state index contributed by atoms with van der Waals surface area (Å²) in [4.78, 5) is 0. The van der Waals surface area contributed by atoms with Crippen LogP contribution in [0.3, 0.4) is 0 Å². The third-order valence-electron chi connectivity index (χ3n) is 2.38. The maximum absolute atomic E-state index is 6.45. The van der Waals surface area contributed by atoms with Crippen LogP contribution in [0.15, 0.2) is 48.6 Å². The Morgan fingerprint density at radius 3 is 1.31 bits per heavy atom. The number of halogens is 2. The molecule has 0 atom stereocenters. The van der Waals surface area contributed by atoms with Gasteiger partial charge in [-0.1, -0.05) is 48.6 Å². The molecule has 0 aromatic rings. The summed E-state index contributed by atoms with van der Waals surface area (Å²) in [7, 11) is 0. The third-order valence-corrected chi connectivity index (χ3v) is 7.96. The van der Waals surface area contributed by atoms with Crippen LogP contribution in [0, 0.1) is 0 Å². The largest absolute Gasteiger partial charge is 0.271 e. The molecule has 68 valence electrons. The second kappa shape index (κ2) is 3.49. The van der Waals surface area contributed by atoms with Crippen LogP contribution < -0.4 is 0 Å². The Bertz CT molecular complexity index is 259. The Labute approximate surface area is 88.7 Å². The highest BCUT2D eigenvalue weighted by molar-refractivity contribution is 7.47. The van der Waals surface area contributed by atoms with Crippen molar-refractivity contribution in [3.05, 3.63) is 48.6 Å². The van der Waals surface area contributed by atoms with Crippen LogP contribution in [0.25, 0.3) is 0 Å². The fourth-order valence-electron chi connectivity index (χ4n) is 1.60. The fraction of sp³-hybridized carbons (Fsp3) is 0.200. The minimum atomic E-state index is -2.24. The second-order valence-electron chi connectivity index (χ2n) is 3.27. The summed E-state index contributed by atoms with van der Waals surface area (Å²) < 4.78 is 0. The van der Waals surface area contributed by atoms with Gasteiger partial charge in [0.15, 0.2) is 0 Å². The summed E-state index contributed by atoms with van der Waals surface area (Å²) in [5.74, 6) is 0. The topological polar surface area (TPSA) is 0 Å². The number of allylic oxidation sites excluding steroid dienone is 8. The maximum atomic E-state index is 6.45. The molecule has 2 rings (SSSR count). The Balaban J connectivity index is 2.19. The van der Waals surface area contributed by atoms with Gasteiger partial charge in [-0.3, -0.25) is 0 Å². The van der Waals surface area contributed by atoms with E-state index in [2.05, 4.69) is 24.3 Å². The lowest BCUT2D eigenvalue weighted by atomic mass is 10.4. The zero-order chi connectivity index (χ0) is 9.31. The van der Waals surface area contributed by atoms with Gasteiger partial charge in [0, 0.05) is 11.1 Å². The molecule has 0 saturated heterocycles. The molecule has 0 aromatic heterocycles. The van der Waals surface area contributed by atoms with E-state index in [1.54, 1.807) is 0 Å². The van der Waals surface area contributed by atoms with E-state index in [1.807, 2.05) is 24.3 Å². The van der Waals surface area contributed by atoms with Crippen molar-refractivity contribution in [2.75, 3.05) is 0 Å². The van der Waals surface area contributed by atoms with Crippen molar-refractivity contribution in [3.8, 4) is 0 Å². The first-order valence-corrected chi connectivity index (χ1v) is 8.47. The SMILES string of the molecule is Cl[Si](Cl)(C1C=CC=C1)C1C=CC=C1. The van der Waals surface area contributed by atoms with E-state index in [4.69, 9.17) is 22.2 Å². The summed E-state index contributed by atoms with van der Waals surface area (Å²) in [5.41, 5.74) is 0.515. The Morgan fingerprint density at radius 2 is 1.00 bits per heavy atom. The Morgan fingerprint density at radius 1 is 0.692 bits per heavy atom. The quantitative estimate of drug-likeness (QED) is 0.497. The van der Waals surface area contributed by atoms with Crippen molar-refractivity contribution in [3.63, 3.8) is 0 Å². The Hall–Kier alpha value is -0.243. The highest BCUT2D eigenvalue weighted by atomic mass is 35.7. The lowest BCUT2D eigenvalue weighted by Crippen LogP contribution is -2.28. The highest BCUT2D eigenvalue weighted by Crippen LogP contribution is 2.45. The predicted octanol–water partition coefficient (Wildman–Crippen LogP) is 3.90. The van der Waals surface area contributed by atoms with Gasteiger partial charge in [-0.25, -0.2) is 0 Å². The van der Waals surface area contributed by atoms with Crippen LogP contribution in [0.5, 0.6) is 0 Å². The summed E-state index contributed by atoms with van der Waals surface area (Å²) in [6, 6.07) is 0. The van der Waals surface area contributed by atoms with Gasteiger partial charge in [-0.2, -0.15) is 0 Å². The molecule has 0 amide bonds. The van der Waals surface area contributed by atoms with E-state index in [-0.39, 0.29) is 11.1 Å². The van der Waals surface area contributed by atoms with Gasteiger partial charge < -0.3 is 0 Å². The van der Waals surface area contributed by atoms with Crippen molar-refractivity contribution in [1.82, 2.24) is 0 Å². The molecule has 0 saturated carbocycles. The van der Waals surface area contributed by atoms with Gasteiger partial charge in [0.25, 0.3) is 6.69 Å². The molecule has 0 unspecified atom stereocenters. The molecule has 0 aromatic carbocycles. The monoisotopic (exact) mass is 228 g/mol. The van der Waals surface area contributed by atoms with Crippen LogP contribution in [0.2, 0.25) is 11.1 Å². The van der Waals surface area contributed by atoms with E-state index in [9.17, 15) is 0 Å². The van der Waals surface area contributed by atoms with Crippen LogP contribution in [0.4, 0.5) is 0 Å². The minimum absolute atomic E-state index is 0.258. The molecule has 0 heterocycles. The molecular weight excluding hydrogens is 219 g/mol. The van der Waals surface area contributed by atoms with Gasteiger partial charge >= 0.3 is 0 Å². The summed E-state index contributed by atoms with van der Waals surface area (Å²) in [6.45, 7) is -2.24. The smallest absolute Gasteiger partial charge is 0.144 e. The molecule has 0 fully saturated rings. The van der Waals surface area contributed by atoms with E-state index in [0.29, 0.717) is 0 Å². The van der Waals surface area contributed by atoms with Crippen molar-refractivity contribution >= 4 is 28.9 Å². The van der Waals surface area contributed by atoms with Gasteiger partial charge in [0.2, 0.25) is 0 Å². The molecule has 0 nitrogen and oxygen atoms in total. The summed E-state index contributed by atoms with van der Waals surface area (Å²) >= 11 is 12.9. The van der Waals surface area contributed by atoms with Crippen LogP contribution in [0.1, 0.15) is 0 Å². The highest BCUT2D eigenvalue weighted by Gasteiger charge is 2.42. The van der Waals surface area contributed by atoms with Gasteiger partial charge in [0.1, 0.15) is 0 Å². The van der Waals surface area contributed by atoms with Crippen molar-refractivity contribution in [2.45, 2.75) is 11.1 Å². The van der Waals surface area contributed by atoms with Gasteiger partial charge in [-0.15, -0.1) is 22.2 Å². The number of rotatable bonds is 2. The molecule has 0 N–H and O–H groups in total.